The van der Waals surface area contributed by atoms with Crippen molar-refractivity contribution in [1.29, 1.82) is 0 Å². The zero-order valence-corrected chi connectivity index (χ0v) is 22.5. The van der Waals surface area contributed by atoms with Gasteiger partial charge in [0, 0.05) is 15.6 Å². The van der Waals surface area contributed by atoms with Crippen LogP contribution in [0.4, 0.5) is 4.79 Å². The summed E-state index contributed by atoms with van der Waals surface area (Å²) < 4.78 is 12.5. The van der Waals surface area contributed by atoms with Crippen LogP contribution in [0.2, 0.25) is 10.0 Å². The summed E-state index contributed by atoms with van der Waals surface area (Å²) in [5.74, 6) is 0.690. The van der Waals surface area contributed by atoms with Gasteiger partial charge in [0.25, 0.3) is 11.1 Å². The number of carbonyl (C=O) groups excluding carboxylic acids is 2. The van der Waals surface area contributed by atoms with Crippen molar-refractivity contribution in [3.05, 3.63) is 96.8 Å². The lowest BCUT2D eigenvalue weighted by atomic mass is 10.1. The molecule has 4 rings (SSSR count). The Morgan fingerprint density at radius 3 is 2.40 bits per heavy atom. The minimum absolute atomic E-state index is 0.000662. The second-order valence-electron chi connectivity index (χ2n) is 7.51. The fraction of sp³-hybridized carbons (Fsp3) is 0.154. The lowest BCUT2D eigenvalue weighted by molar-refractivity contribution is -0.123. The van der Waals surface area contributed by atoms with E-state index in [0.717, 1.165) is 22.2 Å². The van der Waals surface area contributed by atoms with Crippen molar-refractivity contribution < 1.29 is 19.1 Å². The molecule has 0 aliphatic carbocycles. The van der Waals surface area contributed by atoms with Gasteiger partial charge in [-0.2, -0.15) is 0 Å². The highest BCUT2D eigenvalue weighted by molar-refractivity contribution is 9.10. The third-order valence-electron chi connectivity index (χ3n) is 5.11. The van der Waals surface area contributed by atoms with E-state index in [4.69, 9.17) is 32.7 Å². The predicted octanol–water partition coefficient (Wildman–Crippen LogP) is 7.97. The number of ether oxygens (including phenoxy) is 2. The molecule has 3 aromatic carbocycles. The molecular weight excluding hydrogens is 573 g/mol. The number of rotatable bonds is 8. The fourth-order valence-corrected chi connectivity index (χ4v) is 5.36. The van der Waals surface area contributed by atoms with Crippen LogP contribution in [0.3, 0.4) is 0 Å². The van der Waals surface area contributed by atoms with Gasteiger partial charge in [-0.25, -0.2) is 0 Å². The summed E-state index contributed by atoms with van der Waals surface area (Å²) in [6.07, 6.45) is 1.66. The summed E-state index contributed by atoms with van der Waals surface area (Å²) >= 11 is 16.9. The molecule has 0 unspecified atom stereocenters. The van der Waals surface area contributed by atoms with Crippen LogP contribution in [0.15, 0.2) is 70.0 Å². The van der Waals surface area contributed by atoms with Crippen LogP contribution in [-0.4, -0.2) is 22.7 Å². The second-order valence-corrected chi connectivity index (χ2v) is 10.2. The molecule has 180 valence electrons. The van der Waals surface area contributed by atoms with Gasteiger partial charge in [0.15, 0.2) is 11.5 Å². The third kappa shape index (κ3) is 6.04. The van der Waals surface area contributed by atoms with Gasteiger partial charge < -0.3 is 9.47 Å². The van der Waals surface area contributed by atoms with Crippen LogP contribution in [0, 0.1) is 0 Å². The Labute approximate surface area is 226 Å². The smallest absolute Gasteiger partial charge is 0.293 e. The number of nitrogens with zero attached hydrogens (tertiary/aromatic N) is 1. The molecule has 0 N–H and O–H groups in total. The molecule has 0 saturated carbocycles. The Morgan fingerprint density at radius 1 is 1.00 bits per heavy atom. The standard InChI is InChI=1S/C26H20BrCl2NO4S/c1-2-33-22-12-17(11-19(27)24(22)34-15-16-7-4-3-5-8-16)13-23-25(31)30(26(32)35-23)14-18-20(28)9-6-10-21(18)29/h3-13H,2,14-15H2,1H3/b23-13-. The number of hydrogen-bond donors (Lipinski definition) is 0. The molecule has 1 aliphatic rings. The lowest BCUT2D eigenvalue weighted by Gasteiger charge is -2.15. The van der Waals surface area contributed by atoms with Crippen molar-refractivity contribution >= 4 is 68.1 Å². The van der Waals surface area contributed by atoms with Crippen LogP contribution in [0.5, 0.6) is 11.5 Å². The first-order valence-corrected chi connectivity index (χ1v) is 13.0. The summed E-state index contributed by atoms with van der Waals surface area (Å²) in [7, 11) is 0. The molecular formula is C26H20BrCl2NO4S. The van der Waals surface area contributed by atoms with Gasteiger partial charge in [-0.05, 0) is 76.1 Å². The van der Waals surface area contributed by atoms with E-state index in [9.17, 15) is 9.59 Å². The van der Waals surface area contributed by atoms with E-state index in [0.29, 0.717) is 55.3 Å². The van der Waals surface area contributed by atoms with Crippen LogP contribution in [-0.2, 0) is 17.9 Å². The monoisotopic (exact) mass is 591 g/mol. The second kappa shape index (κ2) is 11.5. The van der Waals surface area contributed by atoms with Crippen molar-refractivity contribution in [2.75, 3.05) is 6.61 Å². The van der Waals surface area contributed by atoms with E-state index in [-0.39, 0.29) is 11.8 Å². The number of amides is 2. The zero-order chi connectivity index (χ0) is 24.9. The maximum atomic E-state index is 13.0. The number of imide groups is 1. The first kappa shape index (κ1) is 25.6. The summed E-state index contributed by atoms with van der Waals surface area (Å²) in [4.78, 5) is 27.1. The largest absolute Gasteiger partial charge is 0.490 e. The summed E-state index contributed by atoms with van der Waals surface area (Å²) in [5.41, 5.74) is 2.24. The Balaban J connectivity index is 1.57. The van der Waals surface area contributed by atoms with E-state index in [2.05, 4.69) is 15.9 Å². The number of benzene rings is 3. The molecule has 1 heterocycles. The first-order chi connectivity index (χ1) is 16.9. The number of halogens is 3. The summed E-state index contributed by atoms with van der Waals surface area (Å²) in [6, 6.07) is 18.5. The molecule has 1 aliphatic heterocycles. The number of carbonyl (C=O) groups is 2. The van der Waals surface area contributed by atoms with E-state index in [1.165, 1.54) is 0 Å². The van der Waals surface area contributed by atoms with Gasteiger partial charge in [0.2, 0.25) is 0 Å². The molecule has 0 aromatic heterocycles. The van der Waals surface area contributed by atoms with Crippen molar-refractivity contribution in [3.8, 4) is 11.5 Å². The van der Waals surface area contributed by atoms with Crippen molar-refractivity contribution in [3.63, 3.8) is 0 Å². The number of thioether (sulfide) groups is 1. The lowest BCUT2D eigenvalue weighted by Crippen LogP contribution is -2.27. The molecule has 9 heteroatoms. The van der Waals surface area contributed by atoms with Gasteiger partial charge in [-0.1, -0.05) is 59.6 Å². The van der Waals surface area contributed by atoms with Gasteiger partial charge in [0.1, 0.15) is 6.61 Å². The van der Waals surface area contributed by atoms with Gasteiger partial charge in [0.05, 0.1) is 22.5 Å². The van der Waals surface area contributed by atoms with Gasteiger partial charge in [-0.15, -0.1) is 0 Å². The Kier molecular flexibility index (Phi) is 8.44. The van der Waals surface area contributed by atoms with E-state index >= 15 is 0 Å². The first-order valence-electron chi connectivity index (χ1n) is 10.7. The molecule has 0 bridgehead atoms. The maximum Gasteiger partial charge on any atom is 0.293 e. The molecule has 3 aromatic rings. The Bertz CT molecular complexity index is 1280. The quantitative estimate of drug-likeness (QED) is 0.248. The summed E-state index contributed by atoms with van der Waals surface area (Å²) in [6.45, 7) is 2.70. The van der Waals surface area contributed by atoms with Gasteiger partial charge in [-0.3, -0.25) is 14.5 Å². The topological polar surface area (TPSA) is 55.8 Å². The molecule has 5 nitrogen and oxygen atoms in total. The van der Waals surface area contributed by atoms with Crippen LogP contribution in [0.1, 0.15) is 23.6 Å². The highest BCUT2D eigenvalue weighted by Crippen LogP contribution is 2.40. The summed E-state index contributed by atoms with van der Waals surface area (Å²) in [5, 5.41) is 0.415. The van der Waals surface area contributed by atoms with E-state index in [1.54, 1.807) is 30.3 Å². The van der Waals surface area contributed by atoms with Crippen molar-refractivity contribution in [2.24, 2.45) is 0 Å². The van der Waals surface area contributed by atoms with Crippen molar-refractivity contribution in [1.82, 2.24) is 4.90 Å². The minimum atomic E-state index is -0.408. The normalized spacial score (nSPS) is 14.6. The van der Waals surface area contributed by atoms with Crippen LogP contribution in [0.25, 0.3) is 6.08 Å². The highest BCUT2D eigenvalue weighted by Gasteiger charge is 2.35. The number of hydrogen-bond acceptors (Lipinski definition) is 5. The molecule has 2 amide bonds. The Morgan fingerprint density at radius 2 is 1.71 bits per heavy atom. The predicted molar refractivity (Wildman–Crippen MR) is 144 cm³/mol. The zero-order valence-electron chi connectivity index (χ0n) is 18.6. The average Bonchev–Trinajstić information content (AvgIpc) is 3.09. The maximum absolute atomic E-state index is 13.0. The highest BCUT2D eigenvalue weighted by atomic mass is 79.9. The van der Waals surface area contributed by atoms with Crippen LogP contribution < -0.4 is 9.47 Å². The van der Waals surface area contributed by atoms with Crippen LogP contribution >= 0.6 is 50.9 Å². The SMILES string of the molecule is CCOc1cc(/C=C2\SC(=O)N(Cc3c(Cl)cccc3Cl)C2=O)cc(Br)c1OCc1ccccc1. The van der Waals surface area contributed by atoms with Gasteiger partial charge >= 0.3 is 0 Å². The van der Waals surface area contributed by atoms with Crippen molar-refractivity contribution in [2.45, 2.75) is 20.1 Å². The van der Waals surface area contributed by atoms with E-state index in [1.807, 2.05) is 43.3 Å². The molecule has 0 spiro atoms. The molecule has 1 saturated heterocycles. The van der Waals surface area contributed by atoms with E-state index < -0.39 is 5.91 Å². The third-order valence-corrected chi connectivity index (χ3v) is 7.31. The molecule has 35 heavy (non-hydrogen) atoms. The molecule has 0 radical (unpaired) electrons. The molecule has 0 atom stereocenters. The average molecular weight is 593 g/mol. The fourth-order valence-electron chi connectivity index (χ4n) is 3.43. The molecule has 1 fully saturated rings. The Hall–Kier alpha value is -2.45. The minimum Gasteiger partial charge on any atom is -0.490 e.